The molecule has 0 aliphatic carbocycles. The number of H-pyrrole nitrogens is 1. The van der Waals surface area contributed by atoms with Crippen molar-refractivity contribution in [2.24, 2.45) is 0 Å². The molecule has 0 bridgehead atoms. The third-order valence-corrected chi connectivity index (χ3v) is 5.21. The molecule has 0 fully saturated rings. The summed E-state index contributed by atoms with van der Waals surface area (Å²) in [6, 6.07) is 12.3. The van der Waals surface area contributed by atoms with Crippen molar-refractivity contribution >= 4 is 24.6 Å². The number of ether oxygens (including phenoxy) is 1. The summed E-state index contributed by atoms with van der Waals surface area (Å²) in [5, 5.41) is 3.41. The molecule has 0 saturated heterocycles. The number of hydrogen-bond acceptors (Lipinski definition) is 3. The molecule has 29 heavy (non-hydrogen) atoms. The van der Waals surface area contributed by atoms with E-state index in [-0.39, 0.29) is 24.2 Å². The fraction of sp³-hybridized carbons (Fsp3) is 0.286. The van der Waals surface area contributed by atoms with E-state index in [1.165, 1.54) is 11.6 Å². The molecule has 2 heterocycles. The zero-order valence-corrected chi connectivity index (χ0v) is 17.3. The highest BCUT2D eigenvalue weighted by atomic mass is 35.5. The molecule has 1 aliphatic heterocycles. The average molecular weight is 438 g/mol. The molecule has 4 nitrogen and oxygen atoms in total. The summed E-state index contributed by atoms with van der Waals surface area (Å²) in [5.41, 5.74) is 2.79. The van der Waals surface area contributed by atoms with E-state index in [1.54, 1.807) is 0 Å². The van der Waals surface area contributed by atoms with Gasteiger partial charge in [0.05, 0.1) is 6.04 Å². The number of nitrogens with zero attached hydrogens (tertiary/aromatic N) is 1. The van der Waals surface area contributed by atoms with Crippen molar-refractivity contribution < 1.29 is 13.5 Å². The van der Waals surface area contributed by atoms with Gasteiger partial charge in [-0.25, -0.2) is 8.78 Å². The zero-order valence-electron chi connectivity index (χ0n) is 15.7. The van der Waals surface area contributed by atoms with Crippen LogP contribution in [0.2, 0.25) is 0 Å². The van der Waals surface area contributed by atoms with E-state index in [2.05, 4.69) is 22.4 Å². The topological polar surface area (TPSA) is 42.0 Å². The van der Waals surface area contributed by atoms with Crippen molar-refractivity contribution in [1.29, 1.82) is 0 Å². The number of halogens is 3. The Morgan fingerprint density at radius 2 is 2.00 bits per heavy atom. The van der Waals surface area contributed by atoms with Crippen LogP contribution in [-0.4, -0.2) is 22.7 Å². The smallest absolute Gasteiger partial charge is 0.177 e. The normalized spacial score (nSPS) is 15.3. The van der Waals surface area contributed by atoms with E-state index in [0.29, 0.717) is 23.4 Å². The Kier molecular flexibility index (Phi) is 7.05. The first kappa shape index (κ1) is 21.5. The van der Waals surface area contributed by atoms with E-state index in [4.69, 9.17) is 17.0 Å². The highest BCUT2D eigenvalue weighted by Gasteiger charge is 2.25. The molecule has 0 radical (unpaired) electrons. The van der Waals surface area contributed by atoms with Gasteiger partial charge in [-0.15, -0.1) is 12.4 Å². The predicted octanol–water partition coefficient (Wildman–Crippen LogP) is 4.75. The number of benzene rings is 2. The predicted molar refractivity (Wildman–Crippen MR) is 113 cm³/mol. The quantitative estimate of drug-likeness (QED) is 0.432. The van der Waals surface area contributed by atoms with Gasteiger partial charge in [0.2, 0.25) is 0 Å². The molecule has 2 N–H and O–H groups in total. The molecule has 1 aliphatic rings. The number of fused-ring (bicyclic) bond motifs is 1. The van der Waals surface area contributed by atoms with Gasteiger partial charge >= 0.3 is 0 Å². The molecule has 0 amide bonds. The largest absolute Gasteiger partial charge is 0.488 e. The SMILES string of the molecule is Cl.Fc1cc(F)c2c(c1)C[C@@H](n1cc(CCNCc3ccccc3)[nH]c1=S)CO2. The monoisotopic (exact) mass is 437 g/mol. The second-order valence-corrected chi connectivity index (χ2v) is 7.34. The lowest BCUT2D eigenvalue weighted by molar-refractivity contribution is 0.212. The van der Waals surface area contributed by atoms with Gasteiger partial charge in [0.15, 0.2) is 16.3 Å². The molecule has 3 aromatic rings. The third kappa shape index (κ3) is 5.04. The Hall–Kier alpha value is -2.22. The summed E-state index contributed by atoms with van der Waals surface area (Å²) in [7, 11) is 0. The number of aromatic nitrogens is 2. The molecule has 8 heteroatoms. The van der Waals surface area contributed by atoms with Crippen molar-refractivity contribution in [3.05, 3.63) is 81.9 Å². The van der Waals surface area contributed by atoms with E-state index in [0.717, 1.165) is 31.3 Å². The Labute approximate surface area is 179 Å². The lowest BCUT2D eigenvalue weighted by Gasteiger charge is -2.26. The molecule has 1 aromatic heterocycles. The summed E-state index contributed by atoms with van der Waals surface area (Å²) in [6.07, 6.45) is 3.25. The highest BCUT2D eigenvalue weighted by molar-refractivity contribution is 7.71. The Morgan fingerprint density at radius 1 is 1.21 bits per heavy atom. The minimum atomic E-state index is -0.656. The number of aromatic amines is 1. The molecule has 2 aromatic carbocycles. The van der Waals surface area contributed by atoms with Crippen molar-refractivity contribution in [3.8, 4) is 5.75 Å². The number of rotatable bonds is 6. The van der Waals surface area contributed by atoms with Gasteiger partial charge in [-0.3, -0.25) is 0 Å². The lowest BCUT2D eigenvalue weighted by atomic mass is 10.0. The van der Waals surface area contributed by atoms with E-state index < -0.39 is 11.6 Å². The van der Waals surface area contributed by atoms with Gasteiger partial charge in [0.25, 0.3) is 0 Å². The highest BCUT2D eigenvalue weighted by Crippen LogP contribution is 2.33. The van der Waals surface area contributed by atoms with Gasteiger partial charge in [-0.05, 0) is 23.8 Å². The van der Waals surface area contributed by atoms with Gasteiger partial charge < -0.3 is 19.6 Å². The maximum Gasteiger partial charge on any atom is 0.177 e. The third-order valence-electron chi connectivity index (χ3n) is 4.89. The first-order valence-corrected chi connectivity index (χ1v) is 9.66. The number of imidazole rings is 1. The van der Waals surface area contributed by atoms with E-state index in [9.17, 15) is 8.78 Å². The molecule has 0 saturated carbocycles. The van der Waals surface area contributed by atoms with Crippen molar-refractivity contribution in [2.45, 2.75) is 25.4 Å². The Balaban J connectivity index is 0.00000240. The lowest BCUT2D eigenvalue weighted by Crippen LogP contribution is -2.25. The van der Waals surface area contributed by atoms with Crippen LogP contribution in [0.1, 0.15) is 22.9 Å². The standard InChI is InChI=1S/C21H21F2N3OS.ClH/c22-16-8-15-9-18(13-27-20(15)19(23)10-16)26-12-17(25-21(26)28)6-7-24-11-14-4-2-1-3-5-14;/h1-5,8,10,12,18,24H,6-7,9,11,13H2,(H,25,28);1H/t18-;/m1./s1. The molecular formula is C21H22ClF2N3OS. The zero-order chi connectivity index (χ0) is 19.5. The molecule has 0 unspecified atom stereocenters. The van der Waals surface area contributed by atoms with Crippen LogP contribution in [0.3, 0.4) is 0 Å². The first-order valence-electron chi connectivity index (χ1n) is 9.25. The molecular weight excluding hydrogens is 416 g/mol. The van der Waals surface area contributed by atoms with Crippen molar-refractivity contribution in [2.75, 3.05) is 13.2 Å². The van der Waals surface area contributed by atoms with Gasteiger partial charge in [0, 0.05) is 49.5 Å². The van der Waals surface area contributed by atoms with Gasteiger partial charge in [-0.2, -0.15) is 0 Å². The summed E-state index contributed by atoms with van der Waals surface area (Å²) in [5.74, 6) is -1.11. The number of nitrogens with one attached hydrogen (secondary N) is 2. The molecule has 1 atom stereocenters. The minimum Gasteiger partial charge on any atom is -0.488 e. The van der Waals surface area contributed by atoms with Gasteiger partial charge in [0.1, 0.15) is 12.4 Å². The van der Waals surface area contributed by atoms with Crippen LogP contribution < -0.4 is 10.1 Å². The van der Waals surface area contributed by atoms with Crippen LogP contribution in [-0.2, 0) is 19.4 Å². The Bertz CT molecular complexity index is 1020. The van der Waals surface area contributed by atoms with E-state index in [1.807, 2.05) is 29.0 Å². The fourth-order valence-corrected chi connectivity index (χ4v) is 3.84. The first-order chi connectivity index (χ1) is 13.6. The summed E-state index contributed by atoms with van der Waals surface area (Å²) >= 11 is 5.44. The van der Waals surface area contributed by atoms with Crippen molar-refractivity contribution in [3.63, 3.8) is 0 Å². The summed E-state index contributed by atoms with van der Waals surface area (Å²) < 4.78 is 35.4. The molecule has 154 valence electrons. The minimum absolute atomic E-state index is 0. The second-order valence-electron chi connectivity index (χ2n) is 6.95. The fourth-order valence-electron chi connectivity index (χ4n) is 3.51. The average Bonchev–Trinajstić information content (AvgIpc) is 3.06. The van der Waals surface area contributed by atoms with Crippen LogP contribution in [0.15, 0.2) is 48.7 Å². The molecule has 0 spiro atoms. The van der Waals surface area contributed by atoms with Gasteiger partial charge in [-0.1, -0.05) is 30.3 Å². The van der Waals surface area contributed by atoms with Crippen LogP contribution in [0, 0.1) is 16.4 Å². The maximum atomic E-state index is 13.8. The van der Waals surface area contributed by atoms with Crippen LogP contribution in [0.4, 0.5) is 8.78 Å². The molecule has 4 rings (SSSR count). The van der Waals surface area contributed by atoms with E-state index >= 15 is 0 Å². The summed E-state index contributed by atoms with van der Waals surface area (Å²) in [6.45, 7) is 1.92. The van der Waals surface area contributed by atoms with Crippen LogP contribution in [0.25, 0.3) is 0 Å². The Morgan fingerprint density at radius 3 is 2.79 bits per heavy atom. The van der Waals surface area contributed by atoms with Crippen LogP contribution >= 0.6 is 24.6 Å². The van der Waals surface area contributed by atoms with Crippen LogP contribution in [0.5, 0.6) is 5.75 Å². The van der Waals surface area contributed by atoms with Crippen molar-refractivity contribution in [1.82, 2.24) is 14.9 Å². The maximum absolute atomic E-state index is 13.8. The summed E-state index contributed by atoms with van der Waals surface area (Å²) in [4.78, 5) is 3.22. The second kappa shape index (κ2) is 9.52. The number of hydrogen-bond donors (Lipinski definition) is 2.